The molecule has 0 saturated carbocycles. The zero-order valence-electron chi connectivity index (χ0n) is 16.0. The van der Waals surface area contributed by atoms with Crippen LogP contribution in [0.25, 0.3) is 17.1 Å². The molecule has 0 aliphatic heterocycles. The second-order valence-corrected chi connectivity index (χ2v) is 6.66. The summed E-state index contributed by atoms with van der Waals surface area (Å²) in [5.41, 5.74) is 4.03. The molecule has 1 N–H and O–H groups in total. The number of benzene rings is 2. The van der Waals surface area contributed by atoms with E-state index in [1.807, 2.05) is 80.2 Å². The average Bonchev–Trinajstić information content (AvgIpc) is 3.25. The van der Waals surface area contributed by atoms with Gasteiger partial charge in [0.2, 0.25) is 11.8 Å². The first-order chi connectivity index (χ1) is 13.5. The first-order valence-corrected chi connectivity index (χ1v) is 9.02. The van der Waals surface area contributed by atoms with Crippen LogP contribution in [0.15, 0.2) is 63.8 Å². The number of para-hydroxylation sites is 1. The molecule has 0 unspecified atom stereocenters. The summed E-state index contributed by atoms with van der Waals surface area (Å²) in [4.78, 5) is 12.9. The fourth-order valence-corrected chi connectivity index (χ4v) is 3.16. The Morgan fingerprint density at radius 3 is 2.57 bits per heavy atom. The third-order valence-corrected chi connectivity index (χ3v) is 4.70. The number of hydrogen-bond acceptors (Lipinski definition) is 5. The maximum atomic E-state index is 12.9. The van der Waals surface area contributed by atoms with E-state index in [0.717, 1.165) is 22.5 Å². The molecule has 0 spiro atoms. The molecule has 2 aromatic heterocycles. The molecule has 0 atom stereocenters. The highest BCUT2D eigenvalue weighted by Gasteiger charge is 2.17. The van der Waals surface area contributed by atoms with Crippen LogP contribution in [-0.2, 0) is 13.6 Å². The maximum Gasteiger partial charge on any atom is 0.295 e. The monoisotopic (exact) mass is 375 g/mol. The molecule has 0 fully saturated rings. The van der Waals surface area contributed by atoms with Gasteiger partial charge in [0, 0.05) is 12.6 Å². The lowest BCUT2D eigenvalue weighted by Crippen LogP contribution is -2.21. The topological polar surface area (TPSA) is 77.9 Å². The van der Waals surface area contributed by atoms with Gasteiger partial charge < -0.3 is 9.73 Å². The third-order valence-electron chi connectivity index (χ3n) is 4.70. The predicted molar refractivity (Wildman–Crippen MR) is 108 cm³/mol. The van der Waals surface area contributed by atoms with E-state index in [1.54, 1.807) is 4.68 Å². The second-order valence-electron chi connectivity index (χ2n) is 6.66. The highest BCUT2D eigenvalue weighted by atomic mass is 16.4. The Morgan fingerprint density at radius 1 is 1.04 bits per heavy atom. The predicted octanol–water partition coefficient (Wildman–Crippen LogP) is 3.45. The van der Waals surface area contributed by atoms with E-state index in [9.17, 15) is 4.79 Å². The number of nitrogens with one attached hydrogen (secondary N) is 1. The van der Waals surface area contributed by atoms with Crippen molar-refractivity contribution in [1.82, 2.24) is 19.6 Å². The summed E-state index contributed by atoms with van der Waals surface area (Å²) in [6, 6.07) is 17.4. The van der Waals surface area contributed by atoms with E-state index in [-0.39, 0.29) is 12.1 Å². The van der Waals surface area contributed by atoms with Crippen molar-refractivity contribution in [2.75, 3.05) is 5.32 Å². The van der Waals surface area contributed by atoms with Crippen LogP contribution in [0.5, 0.6) is 0 Å². The van der Waals surface area contributed by atoms with Gasteiger partial charge in [0.05, 0.1) is 17.9 Å². The molecule has 0 saturated heterocycles. The van der Waals surface area contributed by atoms with Crippen molar-refractivity contribution < 1.29 is 4.42 Å². The van der Waals surface area contributed by atoms with Crippen molar-refractivity contribution in [1.29, 1.82) is 0 Å². The van der Waals surface area contributed by atoms with E-state index in [2.05, 4.69) is 15.5 Å². The van der Waals surface area contributed by atoms with Crippen LogP contribution in [0.1, 0.15) is 17.1 Å². The molecule has 0 amide bonds. The van der Waals surface area contributed by atoms with Crippen LogP contribution in [0.3, 0.4) is 0 Å². The van der Waals surface area contributed by atoms with E-state index >= 15 is 0 Å². The van der Waals surface area contributed by atoms with Gasteiger partial charge in [-0.3, -0.25) is 9.48 Å². The minimum Gasteiger partial charge on any atom is -0.419 e. The largest absolute Gasteiger partial charge is 0.419 e. The van der Waals surface area contributed by atoms with Gasteiger partial charge in [-0.1, -0.05) is 35.9 Å². The number of anilines is 1. The molecular weight excluding hydrogens is 354 g/mol. The van der Waals surface area contributed by atoms with Crippen molar-refractivity contribution in [3.8, 4) is 17.1 Å². The molecule has 7 heteroatoms. The van der Waals surface area contributed by atoms with Crippen LogP contribution in [-0.4, -0.2) is 19.6 Å². The van der Waals surface area contributed by atoms with Gasteiger partial charge in [-0.05, 0) is 38.1 Å². The number of hydrogen-bond donors (Lipinski definition) is 1. The van der Waals surface area contributed by atoms with E-state index in [1.165, 1.54) is 0 Å². The quantitative estimate of drug-likeness (QED) is 0.578. The molecule has 7 nitrogen and oxygen atoms in total. The SMILES string of the molecule is Cc1cccc(-c2nnc(CNc3c(C)n(C)n(-c4ccccc4)c3=O)o2)c1. The maximum absolute atomic E-state index is 12.9. The van der Waals surface area contributed by atoms with Gasteiger partial charge in [-0.2, -0.15) is 0 Å². The summed E-state index contributed by atoms with van der Waals surface area (Å²) in [5.74, 6) is 0.886. The Balaban J connectivity index is 1.57. The van der Waals surface area contributed by atoms with Gasteiger partial charge in [0.1, 0.15) is 5.69 Å². The van der Waals surface area contributed by atoms with Crippen LogP contribution in [0.4, 0.5) is 5.69 Å². The number of nitrogens with zero attached hydrogens (tertiary/aromatic N) is 4. The highest BCUT2D eigenvalue weighted by molar-refractivity contribution is 5.54. The Morgan fingerprint density at radius 2 is 1.82 bits per heavy atom. The molecule has 4 rings (SSSR count). The van der Waals surface area contributed by atoms with Crippen LogP contribution >= 0.6 is 0 Å². The van der Waals surface area contributed by atoms with Crippen LogP contribution < -0.4 is 10.9 Å². The Hall–Kier alpha value is -3.61. The molecule has 0 aliphatic rings. The zero-order chi connectivity index (χ0) is 19.7. The lowest BCUT2D eigenvalue weighted by Gasteiger charge is -2.07. The summed E-state index contributed by atoms with van der Waals surface area (Å²) >= 11 is 0. The number of aromatic nitrogens is 4. The van der Waals surface area contributed by atoms with Crippen LogP contribution in [0, 0.1) is 13.8 Å². The van der Waals surface area contributed by atoms with Gasteiger partial charge >= 0.3 is 0 Å². The van der Waals surface area contributed by atoms with Crippen molar-refractivity contribution in [3.63, 3.8) is 0 Å². The molecule has 142 valence electrons. The molecule has 0 radical (unpaired) electrons. The number of rotatable bonds is 5. The molecule has 4 aromatic rings. The average molecular weight is 375 g/mol. The van der Waals surface area contributed by atoms with E-state index < -0.39 is 0 Å². The molecule has 2 heterocycles. The van der Waals surface area contributed by atoms with Crippen molar-refractivity contribution in [2.45, 2.75) is 20.4 Å². The summed E-state index contributed by atoms with van der Waals surface area (Å²) in [6.07, 6.45) is 0. The molecule has 2 aromatic carbocycles. The van der Waals surface area contributed by atoms with E-state index in [4.69, 9.17) is 4.42 Å². The molecule has 0 aliphatic carbocycles. The minimum absolute atomic E-state index is 0.121. The Bertz CT molecular complexity index is 1170. The van der Waals surface area contributed by atoms with Crippen LogP contribution in [0.2, 0.25) is 0 Å². The zero-order valence-corrected chi connectivity index (χ0v) is 16.0. The van der Waals surface area contributed by atoms with Gasteiger partial charge in [-0.25, -0.2) is 4.68 Å². The normalized spacial score (nSPS) is 11.0. The highest BCUT2D eigenvalue weighted by Crippen LogP contribution is 2.20. The van der Waals surface area contributed by atoms with Gasteiger partial charge in [-0.15, -0.1) is 10.2 Å². The Kier molecular flexibility index (Phi) is 4.57. The number of aryl methyl sites for hydroxylation is 1. The fraction of sp³-hybridized carbons (Fsp3) is 0.190. The molecule has 0 bridgehead atoms. The second kappa shape index (κ2) is 7.19. The first-order valence-electron chi connectivity index (χ1n) is 9.02. The summed E-state index contributed by atoms with van der Waals surface area (Å²) < 4.78 is 9.20. The molecular formula is C21H21N5O2. The third kappa shape index (κ3) is 3.22. The van der Waals surface area contributed by atoms with Crippen molar-refractivity contribution in [2.24, 2.45) is 7.05 Å². The smallest absolute Gasteiger partial charge is 0.295 e. The lowest BCUT2D eigenvalue weighted by molar-refractivity contribution is 0.515. The minimum atomic E-state index is -0.121. The van der Waals surface area contributed by atoms with Gasteiger partial charge in [0.15, 0.2) is 0 Å². The summed E-state index contributed by atoms with van der Waals surface area (Å²) in [7, 11) is 1.86. The summed E-state index contributed by atoms with van der Waals surface area (Å²) in [6.45, 7) is 4.18. The van der Waals surface area contributed by atoms with Crippen molar-refractivity contribution >= 4 is 5.69 Å². The lowest BCUT2D eigenvalue weighted by atomic mass is 10.1. The van der Waals surface area contributed by atoms with E-state index in [0.29, 0.717) is 17.5 Å². The first kappa shape index (κ1) is 17.8. The standard InChI is InChI=1S/C21H21N5O2/c1-14-8-7-9-16(12-14)20-24-23-18(28-20)13-22-19-15(2)25(3)26(21(19)27)17-10-5-4-6-11-17/h4-12,22H,13H2,1-3H3. The summed E-state index contributed by atoms with van der Waals surface area (Å²) in [5, 5.41) is 11.4. The van der Waals surface area contributed by atoms with Gasteiger partial charge in [0.25, 0.3) is 5.56 Å². The van der Waals surface area contributed by atoms with Crippen molar-refractivity contribution in [3.05, 3.63) is 82.1 Å². The molecule has 28 heavy (non-hydrogen) atoms. The Labute approximate surface area is 162 Å². The fourth-order valence-electron chi connectivity index (χ4n) is 3.16.